The van der Waals surface area contributed by atoms with Gasteiger partial charge in [0.2, 0.25) is 0 Å². The first-order valence-electron chi connectivity index (χ1n) is 10.5. The van der Waals surface area contributed by atoms with E-state index in [9.17, 15) is 5.26 Å². The van der Waals surface area contributed by atoms with Crippen molar-refractivity contribution >= 4 is 45.9 Å². The first kappa shape index (κ1) is 21.2. The predicted molar refractivity (Wildman–Crippen MR) is 128 cm³/mol. The largest absolute Gasteiger partial charge is 0.378 e. The van der Waals surface area contributed by atoms with E-state index in [1.165, 1.54) is 0 Å². The fraction of sp³-hybridized carbons (Fsp3) is 0.348. The maximum Gasteiger partial charge on any atom is 0.148 e. The molecular weight excluding hydrogens is 408 g/mol. The lowest BCUT2D eigenvalue weighted by atomic mass is 10.1. The van der Waals surface area contributed by atoms with Crippen LogP contribution in [0.15, 0.2) is 36.5 Å². The van der Waals surface area contributed by atoms with E-state index >= 15 is 0 Å². The Morgan fingerprint density at radius 2 is 2.03 bits per heavy atom. The van der Waals surface area contributed by atoms with Crippen molar-refractivity contribution in [2.75, 3.05) is 47.0 Å². The second-order valence-electron chi connectivity index (χ2n) is 7.40. The molecule has 2 aromatic carbocycles. The van der Waals surface area contributed by atoms with E-state index in [-0.39, 0.29) is 0 Å². The van der Waals surface area contributed by atoms with Crippen LogP contribution in [-0.2, 0) is 4.74 Å². The number of morpholine rings is 1. The van der Waals surface area contributed by atoms with Crippen molar-refractivity contribution < 1.29 is 4.74 Å². The summed E-state index contributed by atoms with van der Waals surface area (Å²) in [6, 6.07) is 12.3. The summed E-state index contributed by atoms with van der Waals surface area (Å²) in [5, 5.41) is 13.4. The fourth-order valence-corrected chi connectivity index (χ4v) is 4.03. The van der Waals surface area contributed by atoms with E-state index in [2.05, 4.69) is 58.0 Å². The normalized spacial score (nSPS) is 13.8. The summed E-state index contributed by atoms with van der Waals surface area (Å²) in [5.74, 6) is 1.82. The standard InChI is InChI=1S/C23H26N6OS/c1-3-12-31-28-17-5-4-16(2)21(13-17)26-19-6-7-20-23(18(19)14-24)27-22(15-25-20)29-8-10-30-11-9-29/h4-7,13,15,26,28H,3,8-12H2,1-2H3. The highest BCUT2D eigenvalue weighted by atomic mass is 32.2. The number of nitrogens with one attached hydrogen (secondary N) is 2. The molecule has 160 valence electrons. The number of benzene rings is 2. The van der Waals surface area contributed by atoms with Gasteiger partial charge in [0.05, 0.1) is 30.6 Å². The molecule has 0 spiro atoms. The van der Waals surface area contributed by atoms with E-state index in [0.29, 0.717) is 29.8 Å². The number of hydrogen-bond acceptors (Lipinski definition) is 8. The summed E-state index contributed by atoms with van der Waals surface area (Å²) in [5.41, 5.74) is 5.63. The second kappa shape index (κ2) is 9.86. The van der Waals surface area contributed by atoms with Crippen LogP contribution in [0.3, 0.4) is 0 Å². The lowest BCUT2D eigenvalue weighted by Gasteiger charge is -2.27. The molecule has 0 bridgehead atoms. The number of fused-ring (bicyclic) bond motifs is 1. The Hall–Kier alpha value is -3.02. The van der Waals surface area contributed by atoms with Gasteiger partial charge < -0.3 is 19.7 Å². The molecule has 8 heteroatoms. The average Bonchev–Trinajstić information content (AvgIpc) is 2.81. The van der Waals surface area contributed by atoms with Gasteiger partial charge in [0.25, 0.3) is 0 Å². The minimum absolute atomic E-state index is 0.498. The molecule has 1 aliphatic heterocycles. The van der Waals surface area contributed by atoms with Crippen molar-refractivity contribution in [2.45, 2.75) is 20.3 Å². The summed E-state index contributed by atoms with van der Waals surface area (Å²) in [7, 11) is 0. The summed E-state index contributed by atoms with van der Waals surface area (Å²) in [6.45, 7) is 7.10. The molecule has 0 atom stereocenters. The molecule has 2 N–H and O–H groups in total. The average molecular weight is 435 g/mol. The number of aryl methyl sites for hydroxylation is 1. The zero-order chi connectivity index (χ0) is 21.6. The van der Waals surface area contributed by atoms with Crippen molar-refractivity contribution in [3.05, 3.63) is 47.7 Å². The number of anilines is 4. The fourth-order valence-electron chi connectivity index (χ4n) is 3.43. The minimum atomic E-state index is 0.498. The summed E-state index contributed by atoms with van der Waals surface area (Å²) >= 11 is 1.69. The Kier molecular flexibility index (Phi) is 6.75. The second-order valence-corrected chi connectivity index (χ2v) is 8.30. The van der Waals surface area contributed by atoms with Crippen LogP contribution in [0, 0.1) is 18.3 Å². The number of nitriles is 1. The van der Waals surface area contributed by atoms with Gasteiger partial charge in [-0.25, -0.2) is 4.98 Å². The van der Waals surface area contributed by atoms with Gasteiger partial charge in [0, 0.05) is 30.2 Å². The molecule has 31 heavy (non-hydrogen) atoms. The monoisotopic (exact) mass is 434 g/mol. The van der Waals surface area contributed by atoms with Gasteiger partial charge in [0.1, 0.15) is 23.0 Å². The molecule has 0 amide bonds. The van der Waals surface area contributed by atoms with Crippen molar-refractivity contribution in [3.8, 4) is 6.07 Å². The highest BCUT2D eigenvalue weighted by molar-refractivity contribution is 8.00. The van der Waals surface area contributed by atoms with Gasteiger partial charge in [-0.1, -0.05) is 24.9 Å². The topological polar surface area (TPSA) is 86.1 Å². The van der Waals surface area contributed by atoms with Crippen LogP contribution in [0.2, 0.25) is 0 Å². The summed E-state index contributed by atoms with van der Waals surface area (Å²) in [4.78, 5) is 11.5. The molecule has 1 saturated heterocycles. The van der Waals surface area contributed by atoms with Gasteiger partial charge in [-0.15, -0.1) is 0 Å². The number of hydrogen-bond donors (Lipinski definition) is 2. The summed E-state index contributed by atoms with van der Waals surface area (Å²) in [6.07, 6.45) is 2.89. The first-order chi connectivity index (χ1) is 15.2. The lowest BCUT2D eigenvalue weighted by Crippen LogP contribution is -2.36. The first-order valence-corrected chi connectivity index (χ1v) is 11.5. The Labute approximate surface area is 187 Å². The van der Waals surface area contributed by atoms with Crippen molar-refractivity contribution in [1.29, 1.82) is 5.26 Å². The highest BCUT2D eigenvalue weighted by Crippen LogP contribution is 2.30. The molecular formula is C23H26N6OS. The molecule has 0 aliphatic carbocycles. The SMILES string of the molecule is CCCSNc1ccc(C)c(Nc2ccc3ncc(N4CCOCC4)nc3c2C#N)c1. The number of ether oxygens (including phenoxy) is 1. The Bertz CT molecular complexity index is 1110. The number of rotatable bonds is 7. The molecule has 1 aromatic heterocycles. The van der Waals surface area contributed by atoms with Gasteiger partial charge in [-0.3, -0.25) is 4.98 Å². The van der Waals surface area contributed by atoms with E-state index < -0.39 is 0 Å². The molecule has 7 nitrogen and oxygen atoms in total. The molecule has 2 heterocycles. The zero-order valence-corrected chi connectivity index (χ0v) is 18.6. The Morgan fingerprint density at radius 3 is 2.81 bits per heavy atom. The molecule has 1 aliphatic rings. The molecule has 4 rings (SSSR count). The molecule has 0 saturated carbocycles. The Morgan fingerprint density at radius 1 is 1.19 bits per heavy atom. The van der Waals surface area contributed by atoms with Crippen LogP contribution in [0.1, 0.15) is 24.5 Å². The third kappa shape index (κ3) is 4.84. The van der Waals surface area contributed by atoms with Crippen molar-refractivity contribution in [3.63, 3.8) is 0 Å². The van der Waals surface area contributed by atoms with Gasteiger partial charge >= 0.3 is 0 Å². The van der Waals surface area contributed by atoms with Crippen LogP contribution >= 0.6 is 11.9 Å². The smallest absolute Gasteiger partial charge is 0.148 e. The van der Waals surface area contributed by atoms with E-state index in [1.807, 2.05) is 12.1 Å². The van der Waals surface area contributed by atoms with Gasteiger partial charge in [0.15, 0.2) is 0 Å². The summed E-state index contributed by atoms with van der Waals surface area (Å²) < 4.78 is 8.81. The molecule has 0 radical (unpaired) electrons. The quantitative estimate of drug-likeness (QED) is 0.403. The molecule has 0 unspecified atom stereocenters. The van der Waals surface area contributed by atoms with Crippen LogP contribution in [0.25, 0.3) is 11.0 Å². The van der Waals surface area contributed by atoms with Gasteiger partial charge in [-0.2, -0.15) is 5.26 Å². The van der Waals surface area contributed by atoms with Crippen molar-refractivity contribution in [2.24, 2.45) is 0 Å². The predicted octanol–water partition coefficient (Wildman–Crippen LogP) is 4.86. The Balaban J connectivity index is 1.66. The van der Waals surface area contributed by atoms with Crippen LogP contribution in [0.5, 0.6) is 0 Å². The number of nitrogens with zero attached hydrogens (tertiary/aromatic N) is 4. The van der Waals surface area contributed by atoms with E-state index in [0.717, 1.165) is 53.7 Å². The molecule has 3 aromatic rings. The van der Waals surface area contributed by atoms with E-state index in [1.54, 1.807) is 18.1 Å². The maximum atomic E-state index is 9.96. The van der Waals surface area contributed by atoms with Crippen LogP contribution < -0.4 is 14.9 Å². The van der Waals surface area contributed by atoms with E-state index in [4.69, 9.17) is 9.72 Å². The van der Waals surface area contributed by atoms with Crippen LogP contribution in [0.4, 0.5) is 22.9 Å². The van der Waals surface area contributed by atoms with Gasteiger partial charge in [-0.05, 0) is 43.2 Å². The number of aromatic nitrogens is 2. The van der Waals surface area contributed by atoms with Crippen LogP contribution in [-0.4, -0.2) is 42.0 Å². The third-order valence-corrected chi connectivity index (χ3v) is 6.14. The van der Waals surface area contributed by atoms with Crippen molar-refractivity contribution in [1.82, 2.24) is 9.97 Å². The minimum Gasteiger partial charge on any atom is -0.378 e. The highest BCUT2D eigenvalue weighted by Gasteiger charge is 2.16. The molecule has 1 fully saturated rings. The zero-order valence-electron chi connectivity index (χ0n) is 17.8. The maximum absolute atomic E-state index is 9.96. The third-order valence-electron chi connectivity index (χ3n) is 5.15. The lowest BCUT2D eigenvalue weighted by molar-refractivity contribution is 0.122.